The summed E-state index contributed by atoms with van der Waals surface area (Å²) in [6.45, 7) is 6.23. The summed E-state index contributed by atoms with van der Waals surface area (Å²) in [5, 5.41) is 6.93. The van der Waals surface area contributed by atoms with E-state index < -0.39 is 0 Å². The Labute approximate surface area is 62.4 Å². The Kier molecular flexibility index (Phi) is 2.04. The summed E-state index contributed by atoms with van der Waals surface area (Å²) < 4.78 is 0. The molecule has 1 aromatic heterocycles. The molecule has 0 spiro atoms. The standard InChI is InChI=1S/C7H13N3.H2/c1-4-6-8-7(5(2)3)10-9-6;/h5H,4H2,1-3H3,(H,8,9,10);1H. The van der Waals surface area contributed by atoms with E-state index in [1.165, 1.54) is 0 Å². The Morgan fingerprint density at radius 1 is 1.60 bits per heavy atom. The van der Waals surface area contributed by atoms with E-state index in [4.69, 9.17) is 0 Å². The zero-order valence-corrected chi connectivity index (χ0v) is 6.68. The maximum Gasteiger partial charge on any atom is 0.153 e. The third kappa shape index (κ3) is 1.35. The smallest absolute Gasteiger partial charge is 0.153 e. The second-order valence-electron chi connectivity index (χ2n) is 2.65. The summed E-state index contributed by atoms with van der Waals surface area (Å²) in [4.78, 5) is 4.26. The molecule has 1 aromatic rings. The highest BCUT2D eigenvalue weighted by atomic mass is 15.2. The average molecular weight is 141 g/mol. The van der Waals surface area contributed by atoms with Crippen molar-refractivity contribution in [3.8, 4) is 0 Å². The highest BCUT2D eigenvalue weighted by Crippen LogP contribution is 2.07. The first-order valence-corrected chi connectivity index (χ1v) is 3.65. The molecule has 0 aliphatic carbocycles. The van der Waals surface area contributed by atoms with Crippen molar-refractivity contribution in [2.45, 2.75) is 33.1 Å². The number of nitrogens with one attached hydrogen (secondary N) is 1. The van der Waals surface area contributed by atoms with Gasteiger partial charge in [0.2, 0.25) is 0 Å². The molecule has 0 fully saturated rings. The SMILES string of the molecule is CCc1nc(C(C)C)n[nH]1.[HH]. The molecular formula is C7H15N3. The van der Waals surface area contributed by atoms with Gasteiger partial charge in [-0.3, -0.25) is 5.10 Å². The van der Waals surface area contributed by atoms with E-state index in [1.807, 2.05) is 0 Å². The maximum absolute atomic E-state index is 4.26. The molecule has 3 heteroatoms. The molecule has 0 saturated heterocycles. The van der Waals surface area contributed by atoms with E-state index in [-0.39, 0.29) is 1.43 Å². The lowest BCUT2D eigenvalue weighted by molar-refractivity contribution is 0.780. The first-order valence-electron chi connectivity index (χ1n) is 3.65. The van der Waals surface area contributed by atoms with Gasteiger partial charge < -0.3 is 0 Å². The van der Waals surface area contributed by atoms with Crippen molar-refractivity contribution < 1.29 is 1.43 Å². The number of hydrogen-bond acceptors (Lipinski definition) is 2. The van der Waals surface area contributed by atoms with Gasteiger partial charge in [-0.05, 0) is 0 Å². The van der Waals surface area contributed by atoms with E-state index >= 15 is 0 Å². The van der Waals surface area contributed by atoms with Crippen LogP contribution in [0.5, 0.6) is 0 Å². The molecule has 0 bridgehead atoms. The van der Waals surface area contributed by atoms with Crippen LogP contribution in [-0.4, -0.2) is 15.2 Å². The summed E-state index contributed by atoms with van der Waals surface area (Å²) in [6, 6.07) is 0. The monoisotopic (exact) mass is 141 g/mol. The zero-order chi connectivity index (χ0) is 7.56. The second kappa shape index (κ2) is 2.82. The van der Waals surface area contributed by atoms with Crippen LogP contribution < -0.4 is 0 Å². The number of rotatable bonds is 2. The Morgan fingerprint density at radius 3 is 2.60 bits per heavy atom. The van der Waals surface area contributed by atoms with Crippen molar-refractivity contribution in [3.63, 3.8) is 0 Å². The minimum atomic E-state index is 0. The quantitative estimate of drug-likeness (QED) is 0.681. The summed E-state index contributed by atoms with van der Waals surface area (Å²) in [5.41, 5.74) is 0. The summed E-state index contributed by atoms with van der Waals surface area (Å²) >= 11 is 0. The van der Waals surface area contributed by atoms with E-state index in [9.17, 15) is 0 Å². The van der Waals surface area contributed by atoms with Gasteiger partial charge in [0.15, 0.2) is 5.82 Å². The van der Waals surface area contributed by atoms with Crippen LogP contribution in [0.4, 0.5) is 0 Å². The van der Waals surface area contributed by atoms with Crippen LogP contribution in [0.25, 0.3) is 0 Å². The van der Waals surface area contributed by atoms with Crippen LogP contribution in [0, 0.1) is 0 Å². The first kappa shape index (κ1) is 7.25. The minimum Gasteiger partial charge on any atom is -0.263 e. The van der Waals surface area contributed by atoms with Gasteiger partial charge in [-0.1, -0.05) is 20.8 Å². The van der Waals surface area contributed by atoms with Gasteiger partial charge in [0.1, 0.15) is 5.82 Å². The van der Waals surface area contributed by atoms with Gasteiger partial charge in [0.25, 0.3) is 0 Å². The van der Waals surface area contributed by atoms with Gasteiger partial charge in [-0.2, -0.15) is 5.10 Å². The molecule has 0 radical (unpaired) electrons. The van der Waals surface area contributed by atoms with Crippen molar-refractivity contribution in [2.75, 3.05) is 0 Å². The number of aromatic nitrogens is 3. The van der Waals surface area contributed by atoms with Crippen molar-refractivity contribution >= 4 is 0 Å². The topological polar surface area (TPSA) is 41.6 Å². The molecule has 1 rings (SSSR count). The molecular weight excluding hydrogens is 126 g/mol. The Morgan fingerprint density at radius 2 is 2.30 bits per heavy atom. The largest absolute Gasteiger partial charge is 0.263 e. The molecule has 0 aromatic carbocycles. The van der Waals surface area contributed by atoms with E-state index in [1.54, 1.807) is 0 Å². The average Bonchev–Trinajstić information content (AvgIpc) is 2.34. The number of aryl methyl sites for hydroxylation is 1. The van der Waals surface area contributed by atoms with E-state index in [2.05, 4.69) is 36.0 Å². The van der Waals surface area contributed by atoms with Gasteiger partial charge >= 0.3 is 0 Å². The molecule has 0 aliphatic heterocycles. The molecule has 10 heavy (non-hydrogen) atoms. The van der Waals surface area contributed by atoms with Crippen LogP contribution in [0.1, 0.15) is 39.8 Å². The van der Waals surface area contributed by atoms with Crippen LogP contribution in [0.3, 0.4) is 0 Å². The Hall–Kier alpha value is -0.860. The third-order valence-corrected chi connectivity index (χ3v) is 1.40. The van der Waals surface area contributed by atoms with Crippen LogP contribution in [-0.2, 0) is 6.42 Å². The molecule has 0 unspecified atom stereocenters. The molecule has 0 aliphatic rings. The molecule has 0 amide bonds. The van der Waals surface area contributed by atoms with E-state index in [0.717, 1.165) is 18.1 Å². The molecule has 0 atom stereocenters. The normalized spacial score (nSPS) is 10.8. The molecule has 58 valence electrons. The predicted octanol–water partition coefficient (Wildman–Crippen LogP) is 1.74. The first-order chi connectivity index (χ1) is 4.74. The van der Waals surface area contributed by atoms with Crippen LogP contribution >= 0.6 is 0 Å². The fourth-order valence-corrected chi connectivity index (χ4v) is 0.726. The van der Waals surface area contributed by atoms with Gasteiger partial charge in [0.05, 0.1) is 0 Å². The Bertz CT molecular complexity index is 207. The molecule has 0 saturated carbocycles. The minimum absolute atomic E-state index is 0. The summed E-state index contributed by atoms with van der Waals surface area (Å²) in [5.74, 6) is 2.32. The second-order valence-corrected chi connectivity index (χ2v) is 2.65. The van der Waals surface area contributed by atoms with Crippen LogP contribution in [0.2, 0.25) is 0 Å². The molecule has 3 nitrogen and oxygen atoms in total. The lowest BCUT2D eigenvalue weighted by Gasteiger charge is -1.92. The van der Waals surface area contributed by atoms with Crippen molar-refractivity contribution in [3.05, 3.63) is 11.6 Å². The summed E-state index contributed by atoms with van der Waals surface area (Å²) in [7, 11) is 0. The fourth-order valence-electron chi connectivity index (χ4n) is 0.726. The highest BCUT2D eigenvalue weighted by Gasteiger charge is 2.04. The molecule has 1 heterocycles. The predicted molar refractivity (Wildman–Crippen MR) is 42.0 cm³/mol. The fraction of sp³-hybridized carbons (Fsp3) is 0.714. The molecule has 1 N–H and O–H groups in total. The summed E-state index contributed by atoms with van der Waals surface area (Å²) in [6.07, 6.45) is 0.930. The highest BCUT2D eigenvalue weighted by molar-refractivity contribution is 4.94. The lowest BCUT2D eigenvalue weighted by Crippen LogP contribution is -1.89. The maximum atomic E-state index is 4.26. The van der Waals surface area contributed by atoms with E-state index in [0.29, 0.717) is 5.92 Å². The van der Waals surface area contributed by atoms with Crippen molar-refractivity contribution in [2.24, 2.45) is 0 Å². The third-order valence-electron chi connectivity index (χ3n) is 1.40. The zero-order valence-electron chi connectivity index (χ0n) is 6.68. The van der Waals surface area contributed by atoms with Gasteiger partial charge in [0, 0.05) is 13.8 Å². The van der Waals surface area contributed by atoms with Gasteiger partial charge in [-0.15, -0.1) is 0 Å². The number of H-pyrrole nitrogens is 1. The number of nitrogens with zero attached hydrogens (tertiary/aromatic N) is 2. The lowest BCUT2D eigenvalue weighted by atomic mass is 10.2. The Balaban J connectivity index is 0.000001000. The number of aromatic amines is 1. The van der Waals surface area contributed by atoms with Crippen molar-refractivity contribution in [1.82, 2.24) is 15.2 Å². The van der Waals surface area contributed by atoms with Gasteiger partial charge in [-0.25, -0.2) is 4.98 Å². The van der Waals surface area contributed by atoms with Crippen molar-refractivity contribution in [1.29, 1.82) is 0 Å². The van der Waals surface area contributed by atoms with Crippen LogP contribution in [0.15, 0.2) is 0 Å². The number of hydrogen-bond donors (Lipinski definition) is 1.